The van der Waals surface area contributed by atoms with E-state index in [0.29, 0.717) is 6.54 Å². The molecule has 24 heavy (non-hydrogen) atoms. The highest BCUT2D eigenvalue weighted by atomic mass is 127. The summed E-state index contributed by atoms with van der Waals surface area (Å²) in [5.74, 6) is 1.93. The maximum absolute atomic E-state index is 10.4. The van der Waals surface area contributed by atoms with Crippen molar-refractivity contribution in [2.24, 2.45) is 0 Å². The smallest absolute Gasteiger partial charge is 0.254 e. The summed E-state index contributed by atoms with van der Waals surface area (Å²) in [4.78, 5) is 0. The van der Waals surface area contributed by atoms with Crippen molar-refractivity contribution >= 4 is 11.0 Å². The van der Waals surface area contributed by atoms with Gasteiger partial charge in [-0.1, -0.05) is 30.3 Å². The van der Waals surface area contributed by atoms with Crippen LogP contribution in [0, 0.1) is 6.92 Å². The van der Waals surface area contributed by atoms with Gasteiger partial charge in [0.25, 0.3) is 5.82 Å². The van der Waals surface area contributed by atoms with Gasteiger partial charge in [0, 0.05) is 6.92 Å². The average Bonchev–Trinajstić information content (AvgIpc) is 2.85. The van der Waals surface area contributed by atoms with E-state index in [0.717, 1.165) is 23.6 Å². The van der Waals surface area contributed by atoms with Gasteiger partial charge in [-0.25, -0.2) is 9.13 Å². The van der Waals surface area contributed by atoms with Gasteiger partial charge in [0.05, 0.1) is 6.54 Å². The Morgan fingerprint density at radius 2 is 1.75 bits per heavy atom. The second-order valence-corrected chi connectivity index (χ2v) is 5.67. The molecule has 2 aromatic carbocycles. The molecule has 0 aliphatic carbocycles. The summed E-state index contributed by atoms with van der Waals surface area (Å²) >= 11 is 0. The predicted octanol–water partition coefficient (Wildman–Crippen LogP) is -0.299. The molecule has 128 valence electrons. The van der Waals surface area contributed by atoms with Crippen molar-refractivity contribution in [2.45, 2.75) is 33.0 Å². The number of ether oxygens (including phenoxy) is 1. The summed E-state index contributed by atoms with van der Waals surface area (Å²) in [5.41, 5.74) is 2.34. The lowest BCUT2D eigenvalue weighted by atomic mass is 10.3. The molecule has 0 spiro atoms. The molecule has 5 heteroatoms. The Kier molecular flexibility index (Phi) is 6.62. The Bertz CT molecular complexity index is 787. The van der Waals surface area contributed by atoms with E-state index in [9.17, 15) is 5.11 Å². The summed E-state index contributed by atoms with van der Waals surface area (Å²) in [7, 11) is 0. The Morgan fingerprint density at radius 3 is 2.46 bits per heavy atom. The average molecular weight is 438 g/mol. The van der Waals surface area contributed by atoms with Crippen LogP contribution in [0.2, 0.25) is 0 Å². The zero-order valence-corrected chi connectivity index (χ0v) is 16.2. The van der Waals surface area contributed by atoms with Crippen LogP contribution < -0.4 is 33.3 Å². The first-order valence-corrected chi connectivity index (χ1v) is 8.04. The molecule has 1 unspecified atom stereocenters. The number of aliphatic hydroxyl groups excluding tert-OH is 1. The summed E-state index contributed by atoms with van der Waals surface area (Å²) in [6, 6.07) is 17.9. The fourth-order valence-electron chi connectivity index (χ4n) is 3.02. The van der Waals surface area contributed by atoms with Crippen molar-refractivity contribution in [3.63, 3.8) is 0 Å². The third-order valence-electron chi connectivity index (χ3n) is 4.14. The molecule has 0 amide bonds. The number of para-hydroxylation sites is 3. The summed E-state index contributed by atoms with van der Waals surface area (Å²) in [6.07, 6.45) is -0.560. The van der Waals surface area contributed by atoms with Crippen molar-refractivity contribution in [3.05, 3.63) is 60.4 Å². The van der Waals surface area contributed by atoms with E-state index in [4.69, 9.17) is 4.74 Å². The molecule has 1 aromatic heterocycles. The van der Waals surface area contributed by atoms with E-state index >= 15 is 0 Å². The van der Waals surface area contributed by atoms with Gasteiger partial charge in [-0.05, 0) is 31.2 Å². The van der Waals surface area contributed by atoms with Crippen LogP contribution in [0.3, 0.4) is 0 Å². The molecule has 0 aliphatic heterocycles. The van der Waals surface area contributed by atoms with E-state index in [-0.39, 0.29) is 30.6 Å². The molecule has 0 aliphatic rings. The number of imidazole rings is 1. The van der Waals surface area contributed by atoms with Crippen LogP contribution in [0.25, 0.3) is 11.0 Å². The first-order chi connectivity index (χ1) is 11.2. The fraction of sp³-hybridized carbons (Fsp3) is 0.316. The third-order valence-corrected chi connectivity index (χ3v) is 4.14. The number of hydrogen-bond acceptors (Lipinski definition) is 2. The highest BCUT2D eigenvalue weighted by Crippen LogP contribution is 2.14. The Hall–Kier alpha value is -1.60. The Morgan fingerprint density at radius 1 is 1.08 bits per heavy atom. The van der Waals surface area contributed by atoms with E-state index < -0.39 is 6.10 Å². The maximum atomic E-state index is 10.4. The topological polar surface area (TPSA) is 38.3 Å². The molecule has 1 N–H and O–H groups in total. The Balaban J connectivity index is 0.00000208. The highest BCUT2D eigenvalue weighted by Gasteiger charge is 2.22. The number of aromatic nitrogens is 2. The van der Waals surface area contributed by atoms with Crippen molar-refractivity contribution in [1.82, 2.24) is 4.57 Å². The van der Waals surface area contributed by atoms with Crippen LogP contribution in [-0.2, 0) is 13.1 Å². The number of aliphatic hydroxyl groups is 1. The van der Waals surface area contributed by atoms with Crippen LogP contribution in [0.15, 0.2) is 54.6 Å². The lowest BCUT2D eigenvalue weighted by Gasteiger charge is -2.11. The summed E-state index contributed by atoms with van der Waals surface area (Å²) in [5, 5.41) is 10.4. The van der Waals surface area contributed by atoms with Gasteiger partial charge in [0.2, 0.25) is 0 Å². The first kappa shape index (κ1) is 18.7. The van der Waals surface area contributed by atoms with Gasteiger partial charge in [0.1, 0.15) is 25.0 Å². The van der Waals surface area contributed by atoms with Crippen LogP contribution in [0.5, 0.6) is 5.75 Å². The molecule has 3 aromatic rings. The number of hydrogen-bond donors (Lipinski definition) is 1. The molecule has 0 radical (unpaired) electrons. The minimum Gasteiger partial charge on any atom is -1.00 e. The molecular weight excluding hydrogens is 415 g/mol. The van der Waals surface area contributed by atoms with Crippen molar-refractivity contribution in [2.75, 3.05) is 6.61 Å². The minimum absolute atomic E-state index is 0. The van der Waals surface area contributed by atoms with Crippen LogP contribution >= 0.6 is 0 Å². The van der Waals surface area contributed by atoms with Crippen LogP contribution in [-0.4, -0.2) is 22.4 Å². The molecule has 4 nitrogen and oxygen atoms in total. The van der Waals surface area contributed by atoms with Gasteiger partial charge < -0.3 is 33.8 Å². The van der Waals surface area contributed by atoms with Gasteiger partial charge in [-0.3, -0.25) is 0 Å². The van der Waals surface area contributed by atoms with E-state index in [1.54, 1.807) is 0 Å². The quantitative estimate of drug-likeness (QED) is 0.424. The largest absolute Gasteiger partial charge is 1.00 e. The number of fused-ring (bicyclic) bond motifs is 1. The SMILES string of the molecule is CCn1c(C)[n+](CC(O)COc2ccccc2)c2ccccc21.[I-]. The van der Waals surface area contributed by atoms with Crippen molar-refractivity contribution < 1.29 is 38.4 Å². The predicted molar refractivity (Wildman–Crippen MR) is 90.5 cm³/mol. The summed E-state index contributed by atoms with van der Waals surface area (Å²) < 4.78 is 10.1. The molecule has 1 heterocycles. The normalized spacial score (nSPS) is 12.0. The minimum atomic E-state index is -0.560. The van der Waals surface area contributed by atoms with Crippen LogP contribution in [0.4, 0.5) is 0 Å². The highest BCUT2D eigenvalue weighted by molar-refractivity contribution is 5.72. The lowest BCUT2D eigenvalue weighted by molar-refractivity contribution is -0.685. The second kappa shape index (κ2) is 8.48. The zero-order valence-electron chi connectivity index (χ0n) is 14.0. The van der Waals surface area contributed by atoms with Gasteiger partial charge in [0.15, 0.2) is 11.0 Å². The van der Waals surface area contributed by atoms with Gasteiger partial charge in [-0.15, -0.1) is 0 Å². The van der Waals surface area contributed by atoms with E-state index in [1.165, 1.54) is 5.52 Å². The zero-order chi connectivity index (χ0) is 16.2. The molecule has 0 fully saturated rings. The van der Waals surface area contributed by atoms with Gasteiger partial charge in [-0.2, -0.15) is 0 Å². The number of halogens is 1. The standard InChI is InChI=1S/C19H23N2O2.HI/c1-3-20-15(2)21(19-12-8-7-11-18(19)20)13-16(22)14-23-17-9-5-4-6-10-17;/h4-12,16,22H,3,13-14H2,1-2H3;1H/q+1;/p-1. The molecular formula is C19H23IN2O2. The van der Waals surface area contributed by atoms with Gasteiger partial charge >= 0.3 is 0 Å². The van der Waals surface area contributed by atoms with Crippen molar-refractivity contribution in [3.8, 4) is 5.75 Å². The number of aryl methyl sites for hydroxylation is 1. The Labute approximate surface area is 159 Å². The molecule has 3 rings (SSSR count). The second-order valence-electron chi connectivity index (χ2n) is 5.67. The van der Waals surface area contributed by atoms with Crippen LogP contribution in [0.1, 0.15) is 12.7 Å². The number of benzene rings is 2. The molecule has 1 atom stereocenters. The monoisotopic (exact) mass is 438 g/mol. The van der Waals surface area contributed by atoms with E-state index in [1.807, 2.05) is 42.5 Å². The first-order valence-electron chi connectivity index (χ1n) is 8.04. The molecule has 0 bridgehead atoms. The lowest BCUT2D eigenvalue weighted by Crippen LogP contribution is -3.00. The molecule has 0 saturated heterocycles. The number of rotatable bonds is 6. The maximum Gasteiger partial charge on any atom is 0.254 e. The number of nitrogens with zero attached hydrogens (tertiary/aromatic N) is 2. The van der Waals surface area contributed by atoms with E-state index in [2.05, 4.69) is 35.1 Å². The summed E-state index contributed by atoms with van der Waals surface area (Å²) in [6.45, 7) is 5.94. The third kappa shape index (κ3) is 3.89. The molecule has 0 saturated carbocycles. The fourth-order valence-corrected chi connectivity index (χ4v) is 3.02. The van der Waals surface area contributed by atoms with Crippen molar-refractivity contribution in [1.29, 1.82) is 0 Å².